The van der Waals surface area contributed by atoms with Crippen LogP contribution >= 0.6 is 0 Å². The lowest BCUT2D eigenvalue weighted by Crippen LogP contribution is -2.07. The summed E-state index contributed by atoms with van der Waals surface area (Å²) >= 11 is 0. The predicted octanol–water partition coefficient (Wildman–Crippen LogP) is 1.73. The van der Waals surface area contributed by atoms with Gasteiger partial charge in [-0.05, 0) is 24.3 Å². The highest BCUT2D eigenvalue weighted by atomic mass is 16.6. The quantitative estimate of drug-likeness (QED) is 0.630. The van der Waals surface area contributed by atoms with Crippen molar-refractivity contribution in [3.8, 4) is 11.6 Å². The number of nitrogens with two attached hydrogens (primary N) is 1. The molecule has 0 spiro atoms. The highest BCUT2D eigenvalue weighted by molar-refractivity contribution is 5.64. The number of hydrogen-bond donors (Lipinski definition) is 2. The summed E-state index contributed by atoms with van der Waals surface area (Å²) in [5.41, 5.74) is 5.78. The Morgan fingerprint density at radius 2 is 1.86 bits per heavy atom. The summed E-state index contributed by atoms with van der Waals surface area (Å²) < 4.78 is 9.91. The van der Waals surface area contributed by atoms with Crippen LogP contribution in [0.5, 0.6) is 11.6 Å². The largest absolute Gasteiger partial charge is 0.497 e. The Morgan fingerprint density at radius 3 is 2.38 bits per heavy atom. The van der Waals surface area contributed by atoms with Gasteiger partial charge in [0.25, 0.3) is 0 Å². The maximum atomic E-state index is 10.9. The zero-order valence-corrected chi connectivity index (χ0v) is 11.4. The van der Waals surface area contributed by atoms with Crippen LogP contribution in [0, 0.1) is 10.1 Å². The average molecular weight is 291 g/mol. The molecule has 0 bridgehead atoms. The van der Waals surface area contributed by atoms with E-state index in [4.69, 9.17) is 15.2 Å². The Hall–Kier alpha value is -3.10. The van der Waals surface area contributed by atoms with Crippen molar-refractivity contribution in [2.75, 3.05) is 25.3 Å². The van der Waals surface area contributed by atoms with Gasteiger partial charge in [-0.25, -0.2) is 0 Å². The third-order valence-electron chi connectivity index (χ3n) is 2.60. The molecular formula is C12H13N5O4. The standard InChI is InChI=1S/C12H13N5O4/c1-20-8-5-3-7(4-6-8)14-12-15-10(13)9(17(18)19)11(16-12)21-2/h3-6H,1-2H3,(H3,13,14,15,16). The van der Waals surface area contributed by atoms with Crippen molar-refractivity contribution in [2.24, 2.45) is 0 Å². The first-order valence-corrected chi connectivity index (χ1v) is 5.82. The van der Waals surface area contributed by atoms with Crippen LogP contribution in [-0.2, 0) is 0 Å². The molecule has 1 aromatic carbocycles. The van der Waals surface area contributed by atoms with E-state index in [9.17, 15) is 10.1 Å². The molecule has 2 rings (SSSR count). The smallest absolute Gasteiger partial charge is 0.372 e. The van der Waals surface area contributed by atoms with E-state index in [1.807, 2.05) is 0 Å². The normalized spacial score (nSPS) is 10.0. The van der Waals surface area contributed by atoms with E-state index in [1.54, 1.807) is 31.4 Å². The third kappa shape index (κ3) is 3.08. The van der Waals surface area contributed by atoms with Gasteiger partial charge in [0, 0.05) is 5.69 Å². The molecule has 0 aliphatic carbocycles. The number of nitrogens with one attached hydrogen (secondary N) is 1. The zero-order valence-electron chi connectivity index (χ0n) is 11.4. The number of anilines is 3. The lowest BCUT2D eigenvalue weighted by atomic mass is 10.3. The molecule has 1 heterocycles. The summed E-state index contributed by atoms with van der Waals surface area (Å²) in [7, 11) is 2.83. The molecule has 0 aliphatic heterocycles. The van der Waals surface area contributed by atoms with E-state index in [0.717, 1.165) is 0 Å². The summed E-state index contributed by atoms with van der Waals surface area (Å²) in [6, 6.07) is 6.97. The van der Waals surface area contributed by atoms with Crippen molar-refractivity contribution in [1.82, 2.24) is 9.97 Å². The van der Waals surface area contributed by atoms with Crippen molar-refractivity contribution in [3.63, 3.8) is 0 Å². The van der Waals surface area contributed by atoms with Gasteiger partial charge in [0.2, 0.25) is 11.8 Å². The molecule has 9 nitrogen and oxygen atoms in total. The molecule has 9 heteroatoms. The lowest BCUT2D eigenvalue weighted by Gasteiger charge is -2.08. The maximum absolute atomic E-state index is 10.9. The van der Waals surface area contributed by atoms with Gasteiger partial charge in [0.15, 0.2) is 0 Å². The number of nitrogen functional groups attached to an aromatic ring is 1. The molecule has 1 aromatic heterocycles. The molecule has 0 radical (unpaired) electrons. The number of aromatic nitrogens is 2. The predicted molar refractivity (Wildman–Crippen MR) is 75.9 cm³/mol. The number of rotatable bonds is 5. The first-order chi connectivity index (χ1) is 10.0. The SMILES string of the molecule is COc1ccc(Nc2nc(N)c([N+](=O)[O-])c(OC)n2)cc1. The second kappa shape index (κ2) is 5.90. The number of nitro groups is 1. The van der Waals surface area contributed by atoms with Crippen molar-refractivity contribution in [1.29, 1.82) is 0 Å². The molecule has 3 N–H and O–H groups in total. The number of hydrogen-bond acceptors (Lipinski definition) is 8. The fraction of sp³-hybridized carbons (Fsp3) is 0.167. The minimum atomic E-state index is -0.689. The molecule has 0 aliphatic rings. The van der Waals surface area contributed by atoms with Crippen molar-refractivity contribution >= 4 is 23.1 Å². The number of ether oxygens (including phenoxy) is 2. The molecule has 2 aromatic rings. The molecule has 0 saturated carbocycles. The van der Waals surface area contributed by atoms with E-state index in [-0.39, 0.29) is 17.6 Å². The van der Waals surface area contributed by atoms with Crippen LogP contribution in [0.15, 0.2) is 24.3 Å². The van der Waals surface area contributed by atoms with Gasteiger partial charge < -0.3 is 20.5 Å². The summed E-state index contributed by atoms with van der Waals surface area (Å²) in [6.07, 6.45) is 0. The van der Waals surface area contributed by atoms with E-state index >= 15 is 0 Å². The Balaban J connectivity index is 2.31. The van der Waals surface area contributed by atoms with Gasteiger partial charge in [-0.15, -0.1) is 0 Å². The number of nitrogens with zero attached hydrogens (tertiary/aromatic N) is 3. The zero-order chi connectivity index (χ0) is 15.4. The molecule has 0 amide bonds. The van der Waals surface area contributed by atoms with Crippen LogP contribution in [0.2, 0.25) is 0 Å². The number of benzene rings is 1. The average Bonchev–Trinajstić information content (AvgIpc) is 2.46. The van der Waals surface area contributed by atoms with Crippen molar-refractivity contribution in [3.05, 3.63) is 34.4 Å². The molecule has 110 valence electrons. The van der Waals surface area contributed by atoms with Gasteiger partial charge in [0.1, 0.15) is 5.75 Å². The van der Waals surface area contributed by atoms with Crippen LogP contribution in [0.4, 0.5) is 23.1 Å². The first kappa shape index (κ1) is 14.3. The topological polar surface area (TPSA) is 125 Å². The molecule has 0 fully saturated rings. The monoisotopic (exact) mass is 291 g/mol. The Kier molecular flexibility index (Phi) is 4.02. The summed E-state index contributed by atoms with van der Waals surface area (Å²) in [4.78, 5) is 17.9. The van der Waals surface area contributed by atoms with Gasteiger partial charge in [-0.3, -0.25) is 10.1 Å². The first-order valence-electron chi connectivity index (χ1n) is 5.82. The Bertz CT molecular complexity index is 659. The molecule has 0 atom stereocenters. The van der Waals surface area contributed by atoms with Gasteiger partial charge in [0.05, 0.1) is 19.1 Å². The summed E-state index contributed by atoms with van der Waals surface area (Å²) in [5, 5.41) is 13.7. The van der Waals surface area contributed by atoms with E-state index in [2.05, 4.69) is 15.3 Å². The van der Waals surface area contributed by atoms with Gasteiger partial charge >= 0.3 is 11.6 Å². The Morgan fingerprint density at radius 1 is 1.19 bits per heavy atom. The highest BCUT2D eigenvalue weighted by Gasteiger charge is 2.23. The van der Waals surface area contributed by atoms with Crippen LogP contribution in [0.3, 0.4) is 0 Å². The van der Waals surface area contributed by atoms with Crippen LogP contribution < -0.4 is 20.5 Å². The van der Waals surface area contributed by atoms with E-state index < -0.39 is 10.6 Å². The van der Waals surface area contributed by atoms with Crippen LogP contribution in [0.25, 0.3) is 0 Å². The van der Waals surface area contributed by atoms with Crippen molar-refractivity contribution in [2.45, 2.75) is 0 Å². The van der Waals surface area contributed by atoms with Crippen LogP contribution in [0.1, 0.15) is 0 Å². The molecule has 0 unspecified atom stereocenters. The molecule has 21 heavy (non-hydrogen) atoms. The fourth-order valence-corrected chi connectivity index (χ4v) is 1.62. The van der Waals surface area contributed by atoms with Gasteiger partial charge in [-0.1, -0.05) is 0 Å². The third-order valence-corrected chi connectivity index (χ3v) is 2.60. The second-order valence-corrected chi connectivity index (χ2v) is 3.90. The highest BCUT2D eigenvalue weighted by Crippen LogP contribution is 2.31. The lowest BCUT2D eigenvalue weighted by molar-refractivity contribution is -0.385. The number of methoxy groups -OCH3 is 2. The second-order valence-electron chi connectivity index (χ2n) is 3.90. The van der Waals surface area contributed by atoms with Crippen LogP contribution in [-0.4, -0.2) is 29.1 Å². The molecular weight excluding hydrogens is 278 g/mol. The van der Waals surface area contributed by atoms with Gasteiger partial charge in [-0.2, -0.15) is 9.97 Å². The molecule has 0 saturated heterocycles. The van der Waals surface area contributed by atoms with E-state index in [0.29, 0.717) is 11.4 Å². The maximum Gasteiger partial charge on any atom is 0.372 e. The summed E-state index contributed by atoms with van der Waals surface area (Å²) in [6.45, 7) is 0. The van der Waals surface area contributed by atoms with Crippen molar-refractivity contribution < 1.29 is 14.4 Å². The Labute approximate surface area is 119 Å². The summed E-state index contributed by atoms with van der Waals surface area (Å²) in [5.74, 6) is 0.314. The van der Waals surface area contributed by atoms with E-state index in [1.165, 1.54) is 7.11 Å². The minimum Gasteiger partial charge on any atom is -0.497 e. The fourth-order valence-electron chi connectivity index (χ4n) is 1.62. The minimum absolute atomic E-state index is 0.0973.